The van der Waals surface area contributed by atoms with Gasteiger partial charge in [-0.25, -0.2) is 4.79 Å². The van der Waals surface area contributed by atoms with Gasteiger partial charge in [0.25, 0.3) is 0 Å². The van der Waals surface area contributed by atoms with Crippen molar-refractivity contribution in [2.24, 2.45) is 5.92 Å². The monoisotopic (exact) mass is 250 g/mol. The van der Waals surface area contributed by atoms with Crippen LogP contribution >= 0.6 is 0 Å². The van der Waals surface area contributed by atoms with Crippen molar-refractivity contribution in [2.75, 3.05) is 0 Å². The highest BCUT2D eigenvalue weighted by atomic mass is 19.3. The van der Waals surface area contributed by atoms with Crippen LogP contribution in [0.1, 0.15) is 39.0 Å². The number of carbonyl (C=O) groups excluding carboxylic acids is 1. The van der Waals surface area contributed by atoms with Crippen LogP contribution in [0.15, 0.2) is 0 Å². The first-order valence-corrected chi connectivity index (χ1v) is 5.67. The first-order valence-electron chi connectivity index (χ1n) is 5.67. The van der Waals surface area contributed by atoms with E-state index in [0.29, 0.717) is 12.8 Å². The zero-order chi connectivity index (χ0) is 13.1. The Bertz CT molecular complexity index is 298. The number of carbonyl (C=O) groups is 2. The van der Waals surface area contributed by atoms with E-state index in [1.54, 1.807) is 0 Å². The van der Waals surface area contributed by atoms with E-state index in [1.165, 1.54) is 0 Å². The fourth-order valence-electron chi connectivity index (χ4n) is 1.86. The van der Waals surface area contributed by atoms with Crippen LogP contribution in [0.4, 0.5) is 8.78 Å². The molecule has 1 saturated carbocycles. The van der Waals surface area contributed by atoms with Crippen molar-refractivity contribution in [1.82, 2.24) is 0 Å². The molecule has 17 heavy (non-hydrogen) atoms. The van der Waals surface area contributed by atoms with Crippen molar-refractivity contribution in [1.29, 1.82) is 0 Å². The molecule has 1 rings (SSSR count). The second kappa shape index (κ2) is 5.42. The number of hydrogen-bond acceptors (Lipinski definition) is 3. The maximum Gasteiger partial charge on any atom is 0.378 e. The maximum absolute atomic E-state index is 13.0. The molecule has 98 valence electrons. The van der Waals surface area contributed by atoms with Gasteiger partial charge in [-0.15, -0.1) is 0 Å². The molecule has 1 aliphatic rings. The summed E-state index contributed by atoms with van der Waals surface area (Å²) in [5.74, 6) is -7.39. The number of halogens is 2. The highest BCUT2D eigenvalue weighted by Crippen LogP contribution is 2.27. The number of ether oxygens (including phenoxy) is 1. The van der Waals surface area contributed by atoms with Gasteiger partial charge in [0.2, 0.25) is 0 Å². The third-order valence-corrected chi connectivity index (χ3v) is 3.03. The summed E-state index contributed by atoms with van der Waals surface area (Å²) in [7, 11) is 0. The SMILES string of the molecule is CC(OC(=O)C1CCCCC1)C(F)(F)C(=O)O. The summed E-state index contributed by atoms with van der Waals surface area (Å²) >= 11 is 0. The average Bonchev–Trinajstić information content (AvgIpc) is 2.29. The molecule has 4 nitrogen and oxygen atoms in total. The number of aliphatic carboxylic acids is 1. The molecule has 1 N–H and O–H groups in total. The molecule has 0 saturated heterocycles. The molecule has 0 heterocycles. The van der Waals surface area contributed by atoms with E-state index in [0.717, 1.165) is 26.2 Å². The predicted octanol–water partition coefficient (Wildman–Crippen LogP) is 2.22. The van der Waals surface area contributed by atoms with E-state index in [9.17, 15) is 18.4 Å². The van der Waals surface area contributed by atoms with Crippen LogP contribution < -0.4 is 0 Å². The third kappa shape index (κ3) is 3.38. The van der Waals surface area contributed by atoms with Gasteiger partial charge in [-0.3, -0.25) is 4.79 Å². The lowest BCUT2D eigenvalue weighted by atomic mass is 9.89. The van der Waals surface area contributed by atoms with Crippen molar-refractivity contribution >= 4 is 11.9 Å². The van der Waals surface area contributed by atoms with E-state index < -0.39 is 24.0 Å². The smallest absolute Gasteiger partial charge is 0.378 e. The third-order valence-electron chi connectivity index (χ3n) is 3.03. The number of carboxylic acids is 1. The van der Waals surface area contributed by atoms with Gasteiger partial charge in [0.1, 0.15) is 0 Å². The Morgan fingerprint density at radius 3 is 2.29 bits per heavy atom. The molecule has 1 atom stereocenters. The molecule has 6 heteroatoms. The molecular weight excluding hydrogens is 234 g/mol. The first kappa shape index (κ1) is 13.9. The normalized spacial score (nSPS) is 19.7. The molecule has 0 amide bonds. The number of hydrogen-bond donors (Lipinski definition) is 1. The molecule has 1 fully saturated rings. The fraction of sp³-hybridized carbons (Fsp3) is 0.818. The minimum absolute atomic E-state index is 0.365. The van der Waals surface area contributed by atoms with E-state index in [-0.39, 0.29) is 5.92 Å². The Morgan fingerprint density at radius 2 is 1.82 bits per heavy atom. The summed E-state index contributed by atoms with van der Waals surface area (Å²) in [6, 6.07) is 0. The summed E-state index contributed by atoms with van der Waals surface area (Å²) in [5.41, 5.74) is 0. The van der Waals surface area contributed by atoms with Gasteiger partial charge >= 0.3 is 17.9 Å². The highest BCUT2D eigenvalue weighted by Gasteiger charge is 2.48. The van der Waals surface area contributed by atoms with Gasteiger partial charge in [0, 0.05) is 0 Å². The van der Waals surface area contributed by atoms with Crippen LogP contribution in [0.5, 0.6) is 0 Å². The molecule has 1 unspecified atom stereocenters. The topological polar surface area (TPSA) is 63.6 Å². The van der Waals surface area contributed by atoms with Crippen LogP contribution in [-0.4, -0.2) is 29.1 Å². The number of esters is 1. The summed E-state index contributed by atoms with van der Waals surface area (Å²) in [6.07, 6.45) is 2.11. The van der Waals surface area contributed by atoms with E-state index >= 15 is 0 Å². The van der Waals surface area contributed by atoms with Gasteiger partial charge < -0.3 is 9.84 Å². The zero-order valence-corrected chi connectivity index (χ0v) is 9.62. The quantitative estimate of drug-likeness (QED) is 0.777. The van der Waals surface area contributed by atoms with Gasteiger partial charge in [0.05, 0.1) is 5.92 Å². The molecule has 0 spiro atoms. The van der Waals surface area contributed by atoms with Crippen LogP contribution in [0.3, 0.4) is 0 Å². The zero-order valence-electron chi connectivity index (χ0n) is 9.62. The molecule has 0 aliphatic heterocycles. The first-order chi connectivity index (χ1) is 7.85. The van der Waals surface area contributed by atoms with E-state index in [2.05, 4.69) is 4.74 Å². The maximum atomic E-state index is 13.0. The van der Waals surface area contributed by atoms with Crippen molar-refractivity contribution < 1.29 is 28.2 Å². The molecule has 0 aromatic carbocycles. The van der Waals surface area contributed by atoms with Crippen molar-refractivity contribution in [3.63, 3.8) is 0 Å². The Morgan fingerprint density at radius 1 is 1.29 bits per heavy atom. The van der Waals surface area contributed by atoms with E-state index in [4.69, 9.17) is 5.11 Å². The molecule has 0 aromatic heterocycles. The Kier molecular flexibility index (Phi) is 4.42. The van der Waals surface area contributed by atoms with Gasteiger partial charge in [-0.1, -0.05) is 19.3 Å². The second-order valence-electron chi connectivity index (χ2n) is 4.34. The van der Waals surface area contributed by atoms with Crippen molar-refractivity contribution in [3.05, 3.63) is 0 Å². The van der Waals surface area contributed by atoms with E-state index in [1.807, 2.05) is 0 Å². The van der Waals surface area contributed by atoms with Gasteiger partial charge in [-0.05, 0) is 19.8 Å². The highest BCUT2D eigenvalue weighted by molar-refractivity contribution is 5.78. The molecule has 0 bridgehead atoms. The summed E-state index contributed by atoms with van der Waals surface area (Å²) in [6.45, 7) is 0.898. The lowest BCUT2D eigenvalue weighted by Gasteiger charge is -2.24. The summed E-state index contributed by atoms with van der Waals surface area (Å²) in [4.78, 5) is 21.8. The predicted molar refractivity (Wildman–Crippen MR) is 54.7 cm³/mol. The fourth-order valence-corrected chi connectivity index (χ4v) is 1.86. The van der Waals surface area contributed by atoms with Crippen molar-refractivity contribution in [3.8, 4) is 0 Å². The van der Waals surface area contributed by atoms with Crippen LogP contribution in [0.2, 0.25) is 0 Å². The molecular formula is C11H16F2O4. The lowest BCUT2D eigenvalue weighted by Crippen LogP contribution is -2.43. The number of alkyl halides is 2. The van der Waals surface area contributed by atoms with Gasteiger partial charge in [0.15, 0.2) is 6.10 Å². The molecule has 0 radical (unpaired) electrons. The molecule has 1 aliphatic carbocycles. The van der Waals surface area contributed by atoms with Crippen LogP contribution in [-0.2, 0) is 14.3 Å². The van der Waals surface area contributed by atoms with Crippen molar-refractivity contribution in [2.45, 2.75) is 51.1 Å². The Hall–Kier alpha value is -1.20. The minimum Gasteiger partial charge on any atom is -0.477 e. The second-order valence-corrected chi connectivity index (χ2v) is 4.34. The minimum atomic E-state index is -4.04. The van der Waals surface area contributed by atoms with Crippen LogP contribution in [0, 0.1) is 5.92 Å². The van der Waals surface area contributed by atoms with Crippen LogP contribution in [0.25, 0.3) is 0 Å². The summed E-state index contributed by atoms with van der Waals surface area (Å²) in [5, 5.41) is 8.29. The lowest BCUT2D eigenvalue weighted by molar-refractivity contribution is -0.193. The largest absolute Gasteiger partial charge is 0.477 e. The Balaban J connectivity index is 2.53. The average molecular weight is 250 g/mol. The number of carboxylic acid groups (broad SMARTS) is 1. The van der Waals surface area contributed by atoms with Gasteiger partial charge in [-0.2, -0.15) is 8.78 Å². The number of rotatable bonds is 4. The standard InChI is InChI=1S/C11H16F2O4/c1-7(11(12,13)10(15)16)17-9(14)8-5-3-2-4-6-8/h7-8H,2-6H2,1H3,(H,15,16). The molecule has 0 aromatic rings. The summed E-state index contributed by atoms with van der Waals surface area (Å²) < 4.78 is 30.5. The Labute approximate surface area is 97.9 Å².